The van der Waals surface area contributed by atoms with Crippen molar-refractivity contribution in [3.05, 3.63) is 52.3 Å². The van der Waals surface area contributed by atoms with Gasteiger partial charge in [-0.25, -0.2) is 13.6 Å². The number of carbonyl (C=O) groups excluding carboxylic acids is 1. The van der Waals surface area contributed by atoms with Crippen LogP contribution < -0.4 is 10.5 Å². The number of anilines is 1. The van der Waals surface area contributed by atoms with E-state index < -0.39 is 10.0 Å². The number of hydrogen-bond donors (Lipinski definition) is 2. The number of primary sulfonamides is 1. The van der Waals surface area contributed by atoms with Crippen LogP contribution in [0.3, 0.4) is 0 Å². The van der Waals surface area contributed by atoms with E-state index in [-0.39, 0.29) is 11.7 Å². The second kappa shape index (κ2) is 6.00. The fraction of sp³-hybridized carbons (Fsp3) is 0.154. The highest BCUT2D eigenvalue weighted by molar-refractivity contribution is 9.10. The third-order valence-corrected chi connectivity index (χ3v) is 3.95. The fourth-order valence-electron chi connectivity index (χ4n) is 1.86. The molecule has 2 rings (SSSR count). The molecule has 0 radical (unpaired) electrons. The number of aromatic nitrogens is 1. The van der Waals surface area contributed by atoms with Crippen molar-refractivity contribution in [2.45, 2.75) is 5.75 Å². The third kappa shape index (κ3) is 4.42. The third-order valence-electron chi connectivity index (χ3n) is 2.78. The first kappa shape index (κ1) is 15.7. The summed E-state index contributed by atoms with van der Waals surface area (Å²) in [6.07, 6.45) is 1.78. The lowest BCUT2D eigenvalue weighted by molar-refractivity contribution is 0.101. The second-order valence-corrected chi connectivity index (χ2v) is 7.14. The van der Waals surface area contributed by atoms with Gasteiger partial charge in [0, 0.05) is 23.4 Å². The Hall–Kier alpha value is -1.64. The van der Waals surface area contributed by atoms with Gasteiger partial charge in [0.15, 0.2) is 0 Å². The summed E-state index contributed by atoms with van der Waals surface area (Å²) in [6.45, 7) is 0. The van der Waals surface area contributed by atoms with E-state index in [0.29, 0.717) is 16.9 Å². The molecule has 6 nitrogen and oxygen atoms in total. The molecule has 3 N–H and O–H groups in total. The topological polar surface area (TPSA) is 94.2 Å². The van der Waals surface area contributed by atoms with E-state index in [1.807, 2.05) is 0 Å². The van der Waals surface area contributed by atoms with Crippen LogP contribution in [-0.4, -0.2) is 18.9 Å². The van der Waals surface area contributed by atoms with Gasteiger partial charge in [0.1, 0.15) is 5.69 Å². The van der Waals surface area contributed by atoms with Crippen LogP contribution in [-0.2, 0) is 22.8 Å². The Balaban J connectivity index is 2.10. The minimum atomic E-state index is -3.55. The maximum Gasteiger partial charge on any atom is 0.272 e. The zero-order valence-corrected chi connectivity index (χ0v) is 13.6. The minimum absolute atomic E-state index is 0.230. The first-order valence-electron chi connectivity index (χ1n) is 5.97. The van der Waals surface area contributed by atoms with Crippen LogP contribution in [0, 0.1) is 0 Å². The summed E-state index contributed by atoms with van der Waals surface area (Å²) in [5, 5.41) is 7.72. The van der Waals surface area contributed by atoms with E-state index in [9.17, 15) is 13.2 Å². The van der Waals surface area contributed by atoms with E-state index in [2.05, 4.69) is 21.2 Å². The Morgan fingerprint density at radius 1 is 1.33 bits per heavy atom. The standard InChI is InChI=1S/C13H14BrN3O3S/c1-17-7-10(14)6-12(17)13(18)16-11-4-2-9(3-5-11)8-21(15,19)20/h2-7H,8H2,1H3,(H,16,18)(H2,15,19,20). The van der Waals surface area contributed by atoms with Gasteiger partial charge in [0.2, 0.25) is 10.0 Å². The molecule has 1 aromatic carbocycles. The molecule has 1 aromatic heterocycles. The first-order valence-corrected chi connectivity index (χ1v) is 8.48. The maximum atomic E-state index is 12.1. The molecule has 0 spiro atoms. The molecule has 1 heterocycles. The van der Waals surface area contributed by atoms with Crippen LogP contribution >= 0.6 is 15.9 Å². The Morgan fingerprint density at radius 2 is 1.95 bits per heavy atom. The lowest BCUT2D eigenvalue weighted by Gasteiger charge is -2.07. The monoisotopic (exact) mass is 371 g/mol. The summed E-state index contributed by atoms with van der Waals surface area (Å²) >= 11 is 3.30. The van der Waals surface area contributed by atoms with Crippen molar-refractivity contribution < 1.29 is 13.2 Å². The molecule has 0 aliphatic carbocycles. The smallest absolute Gasteiger partial charge is 0.272 e. The first-order chi connectivity index (χ1) is 9.74. The van der Waals surface area contributed by atoms with Crippen molar-refractivity contribution in [1.29, 1.82) is 0 Å². The van der Waals surface area contributed by atoms with Gasteiger partial charge < -0.3 is 9.88 Å². The average Bonchev–Trinajstić information content (AvgIpc) is 2.69. The highest BCUT2D eigenvalue weighted by Crippen LogP contribution is 2.16. The van der Waals surface area contributed by atoms with Crippen molar-refractivity contribution in [3.63, 3.8) is 0 Å². The molecule has 1 amide bonds. The summed E-state index contributed by atoms with van der Waals surface area (Å²) in [7, 11) is -1.78. The van der Waals surface area contributed by atoms with E-state index in [1.165, 1.54) is 0 Å². The quantitative estimate of drug-likeness (QED) is 0.857. The molecule has 0 saturated heterocycles. The molecular formula is C13H14BrN3O3S. The van der Waals surface area contributed by atoms with Crippen LogP contribution in [0.15, 0.2) is 41.0 Å². The molecule has 8 heteroatoms. The van der Waals surface area contributed by atoms with Gasteiger partial charge >= 0.3 is 0 Å². The molecule has 21 heavy (non-hydrogen) atoms. The number of nitrogens with zero attached hydrogens (tertiary/aromatic N) is 1. The summed E-state index contributed by atoms with van der Waals surface area (Å²) in [5.74, 6) is -0.478. The Kier molecular flexibility index (Phi) is 4.50. The van der Waals surface area contributed by atoms with Crippen molar-refractivity contribution in [1.82, 2.24) is 4.57 Å². The highest BCUT2D eigenvalue weighted by atomic mass is 79.9. The average molecular weight is 372 g/mol. The number of nitrogens with two attached hydrogens (primary N) is 1. The molecular weight excluding hydrogens is 358 g/mol. The number of hydrogen-bond acceptors (Lipinski definition) is 3. The van der Waals surface area contributed by atoms with Gasteiger partial charge in [-0.05, 0) is 39.7 Å². The van der Waals surface area contributed by atoms with Gasteiger partial charge in [0.05, 0.1) is 5.75 Å². The number of carbonyl (C=O) groups is 1. The number of rotatable bonds is 4. The molecule has 0 aliphatic rings. The van der Waals surface area contributed by atoms with E-state index in [1.54, 1.807) is 48.1 Å². The maximum absolute atomic E-state index is 12.1. The predicted molar refractivity (Wildman–Crippen MR) is 84.3 cm³/mol. The Labute approximate surface area is 131 Å². The summed E-state index contributed by atoms with van der Waals surface area (Å²) in [4.78, 5) is 12.1. The van der Waals surface area contributed by atoms with Gasteiger partial charge in [-0.2, -0.15) is 0 Å². The number of sulfonamides is 1. The largest absolute Gasteiger partial charge is 0.345 e. The summed E-state index contributed by atoms with van der Waals surface area (Å²) in [5.41, 5.74) is 1.66. The van der Waals surface area contributed by atoms with Crippen LogP contribution in [0.25, 0.3) is 0 Å². The number of aryl methyl sites for hydroxylation is 1. The lowest BCUT2D eigenvalue weighted by atomic mass is 10.2. The van der Waals surface area contributed by atoms with Crippen LogP contribution in [0.4, 0.5) is 5.69 Å². The van der Waals surface area contributed by atoms with Crippen LogP contribution in [0.5, 0.6) is 0 Å². The van der Waals surface area contributed by atoms with E-state index >= 15 is 0 Å². The van der Waals surface area contributed by atoms with Crippen LogP contribution in [0.2, 0.25) is 0 Å². The van der Waals surface area contributed by atoms with Crippen molar-refractivity contribution in [3.8, 4) is 0 Å². The SMILES string of the molecule is Cn1cc(Br)cc1C(=O)Nc1ccc(CS(N)(=O)=O)cc1. The lowest BCUT2D eigenvalue weighted by Crippen LogP contribution is -2.16. The molecule has 0 fully saturated rings. The predicted octanol–water partition coefficient (Wildman–Crippen LogP) is 1.83. The number of amides is 1. The number of benzene rings is 1. The minimum Gasteiger partial charge on any atom is -0.345 e. The Morgan fingerprint density at radius 3 is 2.43 bits per heavy atom. The molecule has 0 atom stereocenters. The summed E-state index contributed by atoms with van der Waals surface area (Å²) < 4.78 is 24.5. The number of nitrogens with one attached hydrogen (secondary N) is 1. The normalized spacial score (nSPS) is 11.4. The van der Waals surface area contributed by atoms with Gasteiger partial charge in [-0.15, -0.1) is 0 Å². The van der Waals surface area contributed by atoms with Crippen molar-refractivity contribution in [2.75, 3.05) is 5.32 Å². The molecule has 0 saturated carbocycles. The van der Waals surface area contributed by atoms with Gasteiger partial charge in [-0.1, -0.05) is 12.1 Å². The molecule has 112 valence electrons. The Bertz CT molecular complexity index is 766. The highest BCUT2D eigenvalue weighted by Gasteiger charge is 2.11. The molecule has 0 unspecified atom stereocenters. The molecule has 0 aliphatic heterocycles. The zero-order valence-electron chi connectivity index (χ0n) is 11.2. The zero-order chi connectivity index (χ0) is 15.6. The van der Waals surface area contributed by atoms with E-state index in [0.717, 1.165) is 4.47 Å². The van der Waals surface area contributed by atoms with Gasteiger partial charge in [-0.3, -0.25) is 4.79 Å². The fourth-order valence-corrected chi connectivity index (χ4v) is 3.04. The number of halogens is 1. The van der Waals surface area contributed by atoms with Crippen molar-refractivity contribution in [2.24, 2.45) is 12.2 Å². The van der Waals surface area contributed by atoms with E-state index in [4.69, 9.17) is 5.14 Å². The molecule has 0 bridgehead atoms. The molecule has 2 aromatic rings. The summed E-state index contributed by atoms with van der Waals surface area (Å²) in [6, 6.07) is 8.21. The van der Waals surface area contributed by atoms with Crippen LogP contribution in [0.1, 0.15) is 16.1 Å². The van der Waals surface area contributed by atoms with Crippen molar-refractivity contribution >= 4 is 37.5 Å². The van der Waals surface area contributed by atoms with Gasteiger partial charge in [0.25, 0.3) is 5.91 Å². The second-order valence-electron chi connectivity index (χ2n) is 4.61.